The van der Waals surface area contributed by atoms with Crippen LogP contribution in [0.1, 0.15) is 25.7 Å². The molecule has 136 valence electrons. The molecule has 0 unspecified atom stereocenters. The number of carbonyl (C=O) groups excluding carboxylic acids is 1. The number of Topliss-reactive ketones (excluding diaryl/α,β-unsaturated/α-hetero) is 1. The van der Waals surface area contributed by atoms with Crippen molar-refractivity contribution < 1.29 is 23.1 Å². The molecule has 0 amide bonds. The minimum atomic E-state index is -3.83. The number of rotatable bonds is 7. The van der Waals surface area contributed by atoms with E-state index in [9.17, 15) is 18.0 Å². The van der Waals surface area contributed by atoms with Gasteiger partial charge in [-0.1, -0.05) is 0 Å². The number of carboxylic acids is 1. The normalized spacial score (nSPS) is 18.6. The third-order valence-corrected chi connectivity index (χ3v) is 6.46. The van der Waals surface area contributed by atoms with E-state index in [2.05, 4.69) is 4.90 Å². The number of sulfonamides is 1. The van der Waals surface area contributed by atoms with E-state index in [1.807, 2.05) is 0 Å². The van der Waals surface area contributed by atoms with Crippen molar-refractivity contribution >= 4 is 27.5 Å². The Hall–Kier alpha value is -1.93. The number of ketones is 1. The van der Waals surface area contributed by atoms with Crippen molar-refractivity contribution in [1.29, 1.82) is 0 Å². The Bertz CT molecular complexity index is 746. The Morgan fingerprint density at radius 3 is 2.28 bits per heavy atom. The molecule has 8 heteroatoms. The summed E-state index contributed by atoms with van der Waals surface area (Å²) < 4.78 is 26.6. The molecule has 1 saturated heterocycles. The maximum absolute atomic E-state index is 12.8. The molecule has 7 nitrogen and oxygen atoms in total. The van der Waals surface area contributed by atoms with Gasteiger partial charge in [0.1, 0.15) is 12.3 Å². The van der Waals surface area contributed by atoms with E-state index in [0.717, 1.165) is 22.8 Å². The highest BCUT2D eigenvalue weighted by molar-refractivity contribution is 7.89. The Morgan fingerprint density at radius 1 is 1.16 bits per heavy atom. The monoisotopic (exact) mass is 366 g/mol. The number of piperidine rings is 1. The fraction of sp³-hybridized carbons (Fsp3) is 0.529. The third kappa shape index (κ3) is 4.38. The molecule has 1 N–H and O–H groups in total. The molecule has 0 aromatic heterocycles. The number of aliphatic carboxylic acids is 1. The SMILES string of the molecule is O=C(O)CN(CC1CC1)S(=O)(=O)c1ccc(N2CCC(=O)CC2)cc1. The van der Waals surface area contributed by atoms with Crippen LogP contribution in [0.15, 0.2) is 29.2 Å². The van der Waals surface area contributed by atoms with E-state index in [4.69, 9.17) is 5.11 Å². The maximum Gasteiger partial charge on any atom is 0.318 e. The Balaban J connectivity index is 1.76. The van der Waals surface area contributed by atoms with Gasteiger partial charge in [0.25, 0.3) is 0 Å². The van der Waals surface area contributed by atoms with Crippen molar-refractivity contribution in [3.05, 3.63) is 24.3 Å². The number of anilines is 1. The van der Waals surface area contributed by atoms with Crippen LogP contribution in [0.5, 0.6) is 0 Å². The maximum atomic E-state index is 12.8. The first-order chi connectivity index (χ1) is 11.9. The van der Waals surface area contributed by atoms with Crippen LogP contribution in [0.3, 0.4) is 0 Å². The number of hydrogen-bond donors (Lipinski definition) is 1. The third-order valence-electron chi connectivity index (χ3n) is 4.63. The van der Waals surface area contributed by atoms with E-state index < -0.39 is 22.5 Å². The molecule has 0 bridgehead atoms. The molecule has 3 rings (SSSR count). The fourth-order valence-electron chi connectivity index (χ4n) is 2.98. The number of carbonyl (C=O) groups is 2. The van der Waals surface area contributed by atoms with Crippen LogP contribution < -0.4 is 4.90 Å². The standard InChI is InChI=1S/C17H22N2O5S/c20-15-7-9-18(10-8-15)14-3-5-16(6-4-14)25(23,24)19(12-17(21)22)11-13-1-2-13/h3-6,13H,1-2,7-12H2,(H,21,22). The predicted octanol–water partition coefficient (Wildman–Crippen LogP) is 1.34. The molecule has 1 aliphatic heterocycles. The molecule has 2 aliphatic rings. The lowest BCUT2D eigenvalue weighted by Gasteiger charge is -2.28. The van der Waals surface area contributed by atoms with Gasteiger partial charge in [0.05, 0.1) is 4.90 Å². The minimum Gasteiger partial charge on any atom is -0.480 e. The average Bonchev–Trinajstić information content (AvgIpc) is 3.39. The quantitative estimate of drug-likeness (QED) is 0.782. The highest BCUT2D eigenvalue weighted by atomic mass is 32.2. The second-order valence-electron chi connectivity index (χ2n) is 6.65. The molecule has 1 aliphatic carbocycles. The fourth-order valence-corrected chi connectivity index (χ4v) is 4.44. The van der Waals surface area contributed by atoms with E-state index in [1.165, 1.54) is 12.1 Å². The number of carboxylic acid groups (broad SMARTS) is 1. The summed E-state index contributed by atoms with van der Waals surface area (Å²) >= 11 is 0. The van der Waals surface area contributed by atoms with E-state index in [-0.39, 0.29) is 23.1 Å². The minimum absolute atomic E-state index is 0.103. The van der Waals surface area contributed by atoms with Crippen LogP contribution in [0.25, 0.3) is 0 Å². The van der Waals surface area contributed by atoms with E-state index >= 15 is 0 Å². The van der Waals surface area contributed by atoms with Crippen molar-refractivity contribution in [3.8, 4) is 0 Å². The molecule has 1 aromatic carbocycles. The van der Waals surface area contributed by atoms with Crippen molar-refractivity contribution in [2.75, 3.05) is 31.1 Å². The van der Waals surface area contributed by atoms with Gasteiger partial charge in [-0.25, -0.2) is 8.42 Å². The van der Waals surface area contributed by atoms with Gasteiger partial charge in [0, 0.05) is 38.2 Å². The molecule has 1 saturated carbocycles. The Morgan fingerprint density at radius 2 is 1.76 bits per heavy atom. The predicted molar refractivity (Wildman–Crippen MR) is 92.0 cm³/mol. The largest absolute Gasteiger partial charge is 0.480 e. The molecule has 0 spiro atoms. The van der Waals surface area contributed by atoms with Crippen LogP contribution >= 0.6 is 0 Å². The molecule has 25 heavy (non-hydrogen) atoms. The zero-order chi connectivity index (χ0) is 18.0. The summed E-state index contributed by atoms with van der Waals surface area (Å²) in [6, 6.07) is 6.48. The molecule has 2 fully saturated rings. The van der Waals surface area contributed by atoms with Gasteiger partial charge in [-0.15, -0.1) is 0 Å². The van der Waals surface area contributed by atoms with Gasteiger partial charge in [0.15, 0.2) is 0 Å². The van der Waals surface area contributed by atoms with E-state index in [0.29, 0.717) is 25.9 Å². The van der Waals surface area contributed by atoms with E-state index in [1.54, 1.807) is 12.1 Å². The summed E-state index contributed by atoms with van der Waals surface area (Å²) in [6.07, 6.45) is 2.90. The highest BCUT2D eigenvalue weighted by Crippen LogP contribution is 2.32. The zero-order valence-corrected chi connectivity index (χ0v) is 14.7. The first-order valence-electron chi connectivity index (χ1n) is 8.45. The number of hydrogen-bond acceptors (Lipinski definition) is 5. The summed E-state index contributed by atoms with van der Waals surface area (Å²) in [5.41, 5.74) is 0.874. The van der Waals surface area contributed by atoms with Gasteiger partial charge in [-0.2, -0.15) is 4.31 Å². The average molecular weight is 366 g/mol. The lowest BCUT2D eigenvalue weighted by molar-refractivity contribution is -0.137. The van der Waals surface area contributed by atoms with Crippen LogP contribution in [0.4, 0.5) is 5.69 Å². The van der Waals surface area contributed by atoms with Gasteiger partial charge in [-0.05, 0) is 43.0 Å². The van der Waals surface area contributed by atoms with Gasteiger partial charge in [0.2, 0.25) is 10.0 Å². The lowest BCUT2D eigenvalue weighted by atomic mass is 10.1. The van der Waals surface area contributed by atoms with Crippen molar-refractivity contribution in [1.82, 2.24) is 4.31 Å². The van der Waals surface area contributed by atoms with Crippen LogP contribution in [0, 0.1) is 5.92 Å². The number of benzene rings is 1. The second kappa shape index (κ2) is 7.13. The first kappa shape index (κ1) is 17.9. The Labute approximate surface area is 147 Å². The molecule has 1 heterocycles. The zero-order valence-electron chi connectivity index (χ0n) is 13.9. The highest BCUT2D eigenvalue weighted by Gasteiger charge is 2.33. The van der Waals surface area contributed by atoms with Gasteiger partial charge >= 0.3 is 5.97 Å². The van der Waals surface area contributed by atoms with Crippen LogP contribution in [-0.4, -0.2) is 55.8 Å². The topological polar surface area (TPSA) is 95.0 Å². The molecule has 0 atom stereocenters. The van der Waals surface area contributed by atoms with Crippen LogP contribution in [-0.2, 0) is 19.6 Å². The van der Waals surface area contributed by atoms with Gasteiger partial charge in [-0.3, -0.25) is 9.59 Å². The number of nitrogens with zero attached hydrogens (tertiary/aromatic N) is 2. The first-order valence-corrected chi connectivity index (χ1v) is 9.89. The summed E-state index contributed by atoms with van der Waals surface area (Å²) in [7, 11) is -3.83. The molecular formula is C17H22N2O5S. The Kier molecular flexibility index (Phi) is 5.10. The summed E-state index contributed by atoms with van der Waals surface area (Å²) in [6.45, 7) is 1.01. The van der Waals surface area contributed by atoms with Crippen LogP contribution in [0.2, 0.25) is 0 Å². The summed E-state index contributed by atoms with van der Waals surface area (Å²) in [4.78, 5) is 24.5. The van der Waals surface area contributed by atoms with Crippen molar-refractivity contribution in [2.45, 2.75) is 30.6 Å². The lowest BCUT2D eigenvalue weighted by Crippen LogP contribution is -2.37. The van der Waals surface area contributed by atoms with Crippen molar-refractivity contribution in [3.63, 3.8) is 0 Å². The molecule has 0 radical (unpaired) electrons. The molecule has 1 aromatic rings. The summed E-state index contributed by atoms with van der Waals surface area (Å²) in [5.74, 6) is -0.641. The van der Waals surface area contributed by atoms with Gasteiger partial charge < -0.3 is 10.0 Å². The summed E-state index contributed by atoms with van der Waals surface area (Å²) in [5, 5.41) is 9.02. The molecular weight excluding hydrogens is 344 g/mol. The van der Waals surface area contributed by atoms with Crippen molar-refractivity contribution in [2.24, 2.45) is 5.92 Å². The smallest absolute Gasteiger partial charge is 0.318 e. The second-order valence-corrected chi connectivity index (χ2v) is 8.59.